The number of piperidine rings is 1. The van der Waals surface area contributed by atoms with Crippen LogP contribution in [-0.4, -0.2) is 64.7 Å². The molecule has 2 aliphatic heterocycles. The van der Waals surface area contributed by atoms with Gasteiger partial charge in [-0.1, -0.05) is 0 Å². The molecule has 0 spiro atoms. The van der Waals surface area contributed by atoms with Crippen molar-refractivity contribution in [3.05, 3.63) is 18.2 Å². The molecule has 0 radical (unpaired) electrons. The largest absolute Gasteiger partial charge is 0.490 e. The molecular weight excluding hydrogens is 370 g/mol. The maximum Gasteiger partial charge on any atom is 0.241 e. The molecule has 150 valence electrons. The molecule has 2 N–H and O–H groups in total. The first-order valence-electron chi connectivity index (χ1n) is 9.29. The predicted octanol–water partition coefficient (Wildman–Crippen LogP) is 0.725. The van der Waals surface area contributed by atoms with E-state index in [2.05, 4.69) is 10.0 Å². The summed E-state index contributed by atoms with van der Waals surface area (Å²) in [5.74, 6) is 0.731. The van der Waals surface area contributed by atoms with Crippen molar-refractivity contribution in [2.45, 2.75) is 43.2 Å². The van der Waals surface area contributed by atoms with Crippen molar-refractivity contribution < 1.29 is 22.7 Å². The lowest BCUT2D eigenvalue weighted by molar-refractivity contribution is -0.133. The Hall–Kier alpha value is -1.84. The smallest absolute Gasteiger partial charge is 0.241 e. The van der Waals surface area contributed by atoms with Gasteiger partial charge in [-0.2, -0.15) is 4.72 Å². The molecule has 2 heterocycles. The first-order chi connectivity index (χ1) is 12.9. The molecule has 1 aromatic rings. The summed E-state index contributed by atoms with van der Waals surface area (Å²) < 4.78 is 39.0. The molecule has 1 amide bonds. The first kappa shape index (κ1) is 19.9. The highest BCUT2D eigenvalue weighted by molar-refractivity contribution is 7.89. The van der Waals surface area contributed by atoms with E-state index in [1.807, 2.05) is 7.05 Å². The molecule has 1 unspecified atom stereocenters. The molecule has 9 heteroatoms. The van der Waals surface area contributed by atoms with E-state index >= 15 is 0 Å². The SMILES string of the molecule is CNC1CCN(C(=O)C(C)NS(=O)(=O)c2ccc3c(c2)OCCCO3)CC1. The molecule has 0 bridgehead atoms. The van der Waals surface area contributed by atoms with Gasteiger partial charge in [-0.15, -0.1) is 0 Å². The number of nitrogens with one attached hydrogen (secondary N) is 2. The molecule has 3 rings (SSSR count). The number of likely N-dealkylation sites (tertiary alicyclic amines) is 1. The van der Waals surface area contributed by atoms with Gasteiger partial charge in [0.25, 0.3) is 0 Å². The zero-order chi connectivity index (χ0) is 19.4. The van der Waals surface area contributed by atoms with Gasteiger partial charge in [0.1, 0.15) is 0 Å². The molecular formula is C18H27N3O5S. The summed E-state index contributed by atoms with van der Waals surface area (Å²) in [6.45, 7) is 3.84. The Morgan fingerprint density at radius 1 is 1.19 bits per heavy atom. The molecule has 1 atom stereocenters. The standard InChI is InChI=1S/C18H27N3O5S/c1-13(18(22)21-8-6-14(19-2)7-9-21)20-27(23,24)15-4-5-16-17(12-15)26-11-3-10-25-16/h4-5,12-14,19-20H,3,6-11H2,1-2H3. The van der Waals surface area contributed by atoms with Crippen molar-refractivity contribution in [2.24, 2.45) is 0 Å². The minimum Gasteiger partial charge on any atom is -0.490 e. The van der Waals surface area contributed by atoms with Gasteiger partial charge in [-0.3, -0.25) is 4.79 Å². The molecule has 8 nitrogen and oxygen atoms in total. The van der Waals surface area contributed by atoms with Crippen LogP contribution in [0.3, 0.4) is 0 Å². The third kappa shape index (κ3) is 4.72. The number of carbonyl (C=O) groups is 1. The number of nitrogens with zero attached hydrogens (tertiary/aromatic N) is 1. The van der Waals surface area contributed by atoms with Crippen molar-refractivity contribution in [1.29, 1.82) is 0 Å². The number of amides is 1. The maximum atomic E-state index is 12.7. The minimum atomic E-state index is -3.85. The summed E-state index contributed by atoms with van der Waals surface area (Å²) in [5.41, 5.74) is 0. The highest BCUT2D eigenvalue weighted by Gasteiger charge is 2.29. The molecule has 1 fully saturated rings. The van der Waals surface area contributed by atoms with Gasteiger partial charge in [0.05, 0.1) is 24.2 Å². The van der Waals surface area contributed by atoms with Crippen molar-refractivity contribution in [2.75, 3.05) is 33.4 Å². The number of benzene rings is 1. The fourth-order valence-corrected chi connectivity index (χ4v) is 4.54. The van der Waals surface area contributed by atoms with Crippen molar-refractivity contribution in [3.63, 3.8) is 0 Å². The normalized spacial score (nSPS) is 19.4. The van der Waals surface area contributed by atoms with E-state index < -0.39 is 16.1 Å². The second-order valence-corrected chi connectivity index (χ2v) is 8.60. The number of ether oxygens (including phenoxy) is 2. The summed E-state index contributed by atoms with van der Waals surface area (Å²) in [5, 5.41) is 3.21. The predicted molar refractivity (Wildman–Crippen MR) is 100 cm³/mol. The highest BCUT2D eigenvalue weighted by atomic mass is 32.2. The molecule has 1 aromatic carbocycles. The lowest BCUT2D eigenvalue weighted by Gasteiger charge is -2.33. The first-order valence-corrected chi connectivity index (χ1v) is 10.8. The lowest BCUT2D eigenvalue weighted by atomic mass is 10.0. The molecule has 27 heavy (non-hydrogen) atoms. The Morgan fingerprint density at radius 3 is 2.52 bits per heavy atom. The maximum absolute atomic E-state index is 12.7. The van der Waals surface area contributed by atoms with Crippen LogP contribution in [0.15, 0.2) is 23.1 Å². The van der Waals surface area contributed by atoms with Crippen LogP contribution in [0, 0.1) is 0 Å². The van der Waals surface area contributed by atoms with Gasteiger partial charge in [-0.05, 0) is 38.9 Å². The third-order valence-corrected chi connectivity index (χ3v) is 6.48. The van der Waals surface area contributed by atoms with Crippen molar-refractivity contribution in [3.8, 4) is 11.5 Å². The molecule has 0 aromatic heterocycles. The van der Waals surface area contributed by atoms with Gasteiger partial charge in [0.15, 0.2) is 11.5 Å². The van der Waals surface area contributed by atoms with Crippen molar-refractivity contribution in [1.82, 2.24) is 14.9 Å². The topological polar surface area (TPSA) is 97.0 Å². The summed E-state index contributed by atoms with van der Waals surface area (Å²) in [7, 11) is -1.94. The molecule has 0 aliphatic carbocycles. The molecule has 1 saturated heterocycles. The average Bonchev–Trinajstić information content (AvgIpc) is 2.92. The monoisotopic (exact) mass is 397 g/mol. The molecule has 2 aliphatic rings. The van der Waals surface area contributed by atoms with E-state index in [0.717, 1.165) is 19.3 Å². The number of hydrogen-bond donors (Lipinski definition) is 2. The van der Waals surface area contributed by atoms with Crippen LogP contribution in [0.5, 0.6) is 11.5 Å². The summed E-state index contributed by atoms with van der Waals surface area (Å²) in [6, 6.07) is 4.06. The van der Waals surface area contributed by atoms with E-state index in [-0.39, 0.29) is 10.8 Å². The van der Waals surface area contributed by atoms with Crippen LogP contribution in [0.1, 0.15) is 26.2 Å². The van der Waals surface area contributed by atoms with E-state index in [1.54, 1.807) is 17.9 Å². The number of fused-ring (bicyclic) bond motifs is 1. The van der Waals surface area contributed by atoms with Crippen LogP contribution >= 0.6 is 0 Å². The lowest BCUT2D eigenvalue weighted by Crippen LogP contribution is -2.51. The highest BCUT2D eigenvalue weighted by Crippen LogP contribution is 2.31. The van der Waals surface area contributed by atoms with Crippen molar-refractivity contribution >= 4 is 15.9 Å². The van der Waals surface area contributed by atoms with Gasteiger partial charge in [0.2, 0.25) is 15.9 Å². The van der Waals surface area contributed by atoms with Crippen LogP contribution in [-0.2, 0) is 14.8 Å². The third-order valence-electron chi connectivity index (χ3n) is 4.95. The van der Waals surface area contributed by atoms with Crippen LogP contribution in [0.2, 0.25) is 0 Å². The Kier molecular flexibility index (Phi) is 6.23. The van der Waals surface area contributed by atoms with Gasteiger partial charge < -0.3 is 19.7 Å². The second kappa shape index (κ2) is 8.45. The minimum absolute atomic E-state index is 0.0558. The summed E-state index contributed by atoms with van der Waals surface area (Å²) in [6.07, 6.45) is 2.47. The van der Waals surface area contributed by atoms with E-state index in [0.29, 0.717) is 43.8 Å². The van der Waals surface area contributed by atoms with Crippen LogP contribution in [0.4, 0.5) is 0 Å². The van der Waals surface area contributed by atoms with Gasteiger partial charge in [0, 0.05) is 31.6 Å². The van der Waals surface area contributed by atoms with E-state index in [9.17, 15) is 13.2 Å². The average molecular weight is 397 g/mol. The zero-order valence-electron chi connectivity index (χ0n) is 15.7. The number of rotatable bonds is 5. The molecule has 0 saturated carbocycles. The Labute approximate surface area is 160 Å². The van der Waals surface area contributed by atoms with E-state index in [1.165, 1.54) is 12.1 Å². The Bertz CT molecular complexity index is 775. The number of sulfonamides is 1. The van der Waals surface area contributed by atoms with E-state index in [4.69, 9.17) is 9.47 Å². The number of carbonyl (C=O) groups excluding carboxylic acids is 1. The fourth-order valence-electron chi connectivity index (χ4n) is 3.32. The summed E-state index contributed by atoms with van der Waals surface area (Å²) >= 11 is 0. The zero-order valence-corrected chi connectivity index (χ0v) is 16.5. The summed E-state index contributed by atoms with van der Waals surface area (Å²) in [4.78, 5) is 14.4. The quantitative estimate of drug-likeness (QED) is 0.760. The van der Waals surface area contributed by atoms with Gasteiger partial charge >= 0.3 is 0 Å². The van der Waals surface area contributed by atoms with Crippen LogP contribution < -0.4 is 19.5 Å². The Morgan fingerprint density at radius 2 is 1.85 bits per heavy atom. The number of hydrogen-bond acceptors (Lipinski definition) is 6. The second-order valence-electron chi connectivity index (χ2n) is 6.89. The Balaban J connectivity index is 1.67. The fraction of sp³-hybridized carbons (Fsp3) is 0.611. The van der Waals surface area contributed by atoms with Gasteiger partial charge in [-0.25, -0.2) is 8.42 Å². The van der Waals surface area contributed by atoms with Crippen LogP contribution in [0.25, 0.3) is 0 Å².